The third-order valence-electron chi connectivity index (χ3n) is 4.29. The van der Waals surface area contributed by atoms with E-state index in [9.17, 15) is 4.79 Å². The Bertz CT molecular complexity index is 1170. The van der Waals surface area contributed by atoms with E-state index < -0.39 is 0 Å². The third-order valence-corrected chi connectivity index (χ3v) is 5.16. The van der Waals surface area contributed by atoms with Crippen molar-refractivity contribution >= 4 is 34.6 Å². The molecule has 0 atom stereocenters. The van der Waals surface area contributed by atoms with Crippen LogP contribution in [0.15, 0.2) is 66.4 Å². The Balaban J connectivity index is 1.51. The van der Waals surface area contributed by atoms with Gasteiger partial charge in [0.15, 0.2) is 0 Å². The van der Waals surface area contributed by atoms with E-state index in [2.05, 4.69) is 25.6 Å². The number of nitrogens with zero attached hydrogens (tertiary/aromatic N) is 3. The number of carbonyl (C=O) groups excluding carboxylic acids is 1. The van der Waals surface area contributed by atoms with Crippen LogP contribution >= 0.6 is 11.3 Å². The summed E-state index contributed by atoms with van der Waals surface area (Å²) in [7, 11) is 0. The molecule has 0 aliphatic carbocycles. The summed E-state index contributed by atoms with van der Waals surface area (Å²) in [6, 6.07) is 14.8. The molecule has 2 amide bonds. The van der Waals surface area contributed by atoms with Gasteiger partial charge in [0.25, 0.3) is 0 Å². The molecule has 4 N–H and O–H groups in total. The second-order valence-corrected chi connectivity index (χ2v) is 7.19. The fraction of sp³-hybridized carbons (Fsp3) is 0.0476. The number of thiazole rings is 1. The number of aromatic nitrogens is 3. The molecule has 0 aliphatic heterocycles. The topological polar surface area (TPSA) is 106 Å². The number of nitrogens with two attached hydrogens (primary N) is 1. The second-order valence-electron chi connectivity index (χ2n) is 6.33. The van der Waals surface area contributed by atoms with Crippen molar-refractivity contribution in [2.24, 2.45) is 0 Å². The summed E-state index contributed by atoms with van der Waals surface area (Å²) in [5.41, 5.74) is 10.7. The summed E-state index contributed by atoms with van der Waals surface area (Å²) < 4.78 is 0. The minimum atomic E-state index is -0.301. The number of hydrogen-bond acceptors (Lipinski definition) is 6. The number of amides is 2. The van der Waals surface area contributed by atoms with Crippen LogP contribution in [0.3, 0.4) is 0 Å². The first kappa shape index (κ1) is 18.6. The average molecular weight is 402 g/mol. The highest BCUT2D eigenvalue weighted by molar-refractivity contribution is 7.13. The zero-order valence-corrected chi connectivity index (χ0v) is 16.4. The van der Waals surface area contributed by atoms with Crippen molar-refractivity contribution < 1.29 is 4.79 Å². The number of hydrogen-bond donors (Lipinski definition) is 3. The van der Waals surface area contributed by atoms with E-state index in [4.69, 9.17) is 5.73 Å². The van der Waals surface area contributed by atoms with E-state index in [-0.39, 0.29) is 6.03 Å². The molecule has 0 unspecified atom stereocenters. The Kier molecular flexibility index (Phi) is 5.17. The molecule has 0 aliphatic rings. The van der Waals surface area contributed by atoms with Gasteiger partial charge in [-0.05, 0) is 30.7 Å². The fourth-order valence-electron chi connectivity index (χ4n) is 2.79. The maximum Gasteiger partial charge on any atom is 0.323 e. The zero-order chi connectivity index (χ0) is 20.2. The van der Waals surface area contributed by atoms with Crippen molar-refractivity contribution in [3.05, 3.63) is 72.0 Å². The molecular weight excluding hydrogens is 384 g/mol. The maximum absolute atomic E-state index is 12.3. The molecule has 2 heterocycles. The van der Waals surface area contributed by atoms with Gasteiger partial charge >= 0.3 is 6.03 Å². The molecule has 4 aromatic rings. The van der Waals surface area contributed by atoms with Crippen molar-refractivity contribution in [3.63, 3.8) is 0 Å². The third kappa shape index (κ3) is 4.22. The van der Waals surface area contributed by atoms with Gasteiger partial charge in [0.1, 0.15) is 17.2 Å². The molecule has 0 fully saturated rings. The Labute approximate surface area is 171 Å². The minimum Gasteiger partial charge on any atom is -0.383 e. The quantitative estimate of drug-likeness (QED) is 0.455. The lowest BCUT2D eigenvalue weighted by atomic mass is 10.1. The van der Waals surface area contributed by atoms with Gasteiger partial charge < -0.3 is 16.4 Å². The summed E-state index contributed by atoms with van der Waals surface area (Å²) in [5.74, 6) is 0.393. The van der Waals surface area contributed by atoms with E-state index in [1.807, 2.05) is 60.8 Å². The summed E-state index contributed by atoms with van der Waals surface area (Å²) >= 11 is 1.46. The Morgan fingerprint density at radius 1 is 1.10 bits per heavy atom. The van der Waals surface area contributed by atoms with Gasteiger partial charge in [-0.25, -0.2) is 19.7 Å². The van der Waals surface area contributed by atoms with Crippen molar-refractivity contribution in [1.82, 2.24) is 15.0 Å². The van der Waals surface area contributed by atoms with Crippen molar-refractivity contribution in [2.45, 2.75) is 6.92 Å². The first-order chi connectivity index (χ1) is 14.1. The molecule has 2 aromatic carbocycles. The lowest BCUT2D eigenvalue weighted by Gasteiger charge is -2.10. The Morgan fingerprint density at radius 3 is 2.79 bits per heavy atom. The van der Waals surface area contributed by atoms with E-state index in [0.717, 1.165) is 27.5 Å². The zero-order valence-electron chi connectivity index (χ0n) is 15.6. The van der Waals surface area contributed by atoms with Crippen molar-refractivity contribution in [2.75, 3.05) is 16.4 Å². The van der Waals surface area contributed by atoms with Crippen LogP contribution in [-0.2, 0) is 0 Å². The number of aryl methyl sites for hydroxylation is 1. The molecule has 0 bridgehead atoms. The molecule has 0 radical (unpaired) electrons. The minimum absolute atomic E-state index is 0.301. The van der Waals surface area contributed by atoms with Crippen LogP contribution in [0.5, 0.6) is 0 Å². The average Bonchev–Trinajstić information content (AvgIpc) is 3.20. The van der Waals surface area contributed by atoms with Gasteiger partial charge in [-0.2, -0.15) is 0 Å². The lowest BCUT2D eigenvalue weighted by molar-refractivity contribution is 0.262. The molecule has 0 spiro atoms. The molecule has 2 aromatic heterocycles. The number of nitrogens with one attached hydrogen (secondary N) is 2. The van der Waals surface area contributed by atoms with Crippen LogP contribution in [0.25, 0.3) is 21.8 Å². The van der Waals surface area contributed by atoms with E-state index in [1.165, 1.54) is 17.7 Å². The highest BCUT2D eigenvalue weighted by Crippen LogP contribution is 2.31. The van der Waals surface area contributed by atoms with Gasteiger partial charge in [0.2, 0.25) is 0 Å². The first-order valence-corrected chi connectivity index (χ1v) is 9.73. The van der Waals surface area contributed by atoms with E-state index in [1.54, 1.807) is 6.20 Å². The first-order valence-electron chi connectivity index (χ1n) is 8.85. The molecule has 0 saturated carbocycles. The van der Waals surface area contributed by atoms with Crippen LogP contribution in [0.1, 0.15) is 5.56 Å². The summed E-state index contributed by atoms with van der Waals surface area (Å²) in [6.07, 6.45) is 3.06. The van der Waals surface area contributed by atoms with E-state index >= 15 is 0 Å². The summed E-state index contributed by atoms with van der Waals surface area (Å²) in [6.45, 7) is 1.95. The molecular formula is C21H18N6OS. The second kappa shape index (κ2) is 8.07. The van der Waals surface area contributed by atoms with Crippen LogP contribution in [0.2, 0.25) is 0 Å². The number of benzene rings is 2. The molecule has 29 heavy (non-hydrogen) atoms. The molecule has 0 saturated heterocycles. The van der Waals surface area contributed by atoms with Crippen LogP contribution < -0.4 is 16.4 Å². The molecule has 144 valence electrons. The fourth-order valence-corrected chi connectivity index (χ4v) is 3.64. The number of carbonyl (C=O) groups is 1. The lowest BCUT2D eigenvalue weighted by Crippen LogP contribution is -2.19. The number of anilines is 3. The molecule has 7 nitrogen and oxygen atoms in total. The SMILES string of the molecule is Cc1ccccc1NC(=O)Nc1cccc(-c2csc(-c3cncnc3N)n2)c1. The highest BCUT2D eigenvalue weighted by Gasteiger charge is 2.11. The van der Waals surface area contributed by atoms with Gasteiger partial charge in [-0.15, -0.1) is 11.3 Å². The number of urea groups is 1. The summed E-state index contributed by atoms with van der Waals surface area (Å²) in [5, 5.41) is 8.40. The smallest absolute Gasteiger partial charge is 0.323 e. The highest BCUT2D eigenvalue weighted by atomic mass is 32.1. The predicted molar refractivity (Wildman–Crippen MR) is 117 cm³/mol. The van der Waals surface area contributed by atoms with Crippen LogP contribution in [0, 0.1) is 6.92 Å². The van der Waals surface area contributed by atoms with Crippen LogP contribution in [0.4, 0.5) is 22.0 Å². The van der Waals surface area contributed by atoms with Crippen molar-refractivity contribution in [1.29, 1.82) is 0 Å². The van der Waals surface area contributed by atoms with Crippen molar-refractivity contribution in [3.8, 4) is 21.8 Å². The largest absolute Gasteiger partial charge is 0.383 e. The van der Waals surface area contributed by atoms with Gasteiger partial charge in [-0.3, -0.25) is 0 Å². The van der Waals surface area contributed by atoms with E-state index in [0.29, 0.717) is 17.1 Å². The Hall–Kier alpha value is -3.78. The Morgan fingerprint density at radius 2 is 1.97 bits per heavy atom. The summed E-state index contributed by atoms with van der Waals surface area (Å²) in [4.78, 5) is 25.0. The monoisotopic (exact) mass is 402 g/mol. The number of nitrogen functional groups attached to an aromatic ring is 1. The van der Waals surface area contributed by atoms with Gasteiger partial charge in [-0.1, -0.05) is 30.3 Å². The number of para-hydroxylation sites is 1. The normalized spacial score (nSPS) is 10.5. The van der Waals surface area contributed by atoms with Gasteiger partial charge in [0.05, 0.1) is 11.3 Å². The standard InChI is InChI=1S/C21H18N6OS/c1-13-5-2-3-8-17(13)27-21(28)25-15-7-4-6-14(9-15)18-11-29-20(26-18)16-10-23-12-24-19(16)22/h2-12H,1H3,(H2,22,23,24)(H2,25,27,28). The van der Waals surface area contributed by atoms with Gasteiger partial charge in [0, 0.05) is 28.5 Å². The predicted octanol–water partition coefficient (Wildman–Crippen LogP) is 4.80. The number of rotatable bonds is 4. The molecule has 8 heteroatoms. The molecule has 4 rings (SSSR count). The maximum atomic E-state index is 12.3. The van der Waals surface area contributed by atoms with Crippen LogP contribution in [-0.4, -0.2) is 21.0 Å².